The zero-order valence-corrected chi connectivity index (χ0v) is 11.3. The highest BCUT2D eigenvalue weighted by Crippen LogP contribution is 2.39. The van der Waals surface area contributed by atoms with Crippen molar-refractivity contribution >= 4 is 11.6 Å². The summed E-state index contributed by atoms with van der Waals surface area (Å²) < 4.78 is 5.18. The van der Waals surface area contributed by atoms with Crippen LogP contribution >= 0.6 is 0 Å². The number of carbonyl (C=O) groups is 1. The van der Waals surface area contributed by atoms with Crippen LogP contribution in [-0.2, 0) is 4.79 Å². The SMILES string of the molecule is COc1ccc(N2C(=O)CNCC23CCCC3)cc1. The number of nitrogens with one attached hydrogen (secondary N) is 1. The van der Waals surface area contributed by atoms with Crippen LogP contribution in [0.2, 0.25) is 0 Å². The summed E-state index contributed by atoms with van der Waals surface area (Å²) in [4.78, 5) is 14.4. The van der Waals surface area contributed by atoms with Crippen molar-refractivity contribution in [3.05, 3.63) is 24.3 Å². The first-order chi connectivity index (χ1) is 9.25. The molecule has 1 aromatic rings. The molecule has 4 heteroatoms. The summed E-state index contributed by atoms with van der Waals surface area (Å²) in [5, 5.41) is 3.27. The number of amides is 1. The summed E-state index contributed by atoms with van der Waals surface area (Å²) in [5.74, 6) is 1.00. The van der Waals surface area contributed by atoms with E-state index in [1.54, 1.807) is 7.11 Å². The van der Waals surface area contributed by atoms with E-state index in [-0.39, 0.29) is 11.4 Å². The fourth-order valence-electron chi connectivity index (χ4n) is 3.41. The van der Waals surface area contributed by atoms with Crippen LogP contribution in [0.25, 0.3) is 0 Å². The number of piperazine rings is 1. The molecule has 0 unspecified atom stereocenters. The number of methoxy groups -OCH3 is 1. The molecule has 4 nitrogen and oxygen atoms in total. The van der Waals surface area contributed by atoms with Gasteiger partial charge in [-0.3, -0.25) is 4.79 Å². The van der Waals surface area contributed by atoms with Crippen molar-refractivity contribution < 1.29 is 9.53 Å². The molecule has 19 heavy (non-hydrogen) atoms. The van der Waals surface area contributed by atoms with Crippen LogP contribution in [0.1, 0.15) is 25.7 Å². The van der Waals surface area contributed by atoms with Crippen LogP contribution in [0.5, 0.6) is 5.75 Å². The highest BCUT2D eigenvalue weighted by atomic mass is 16.5. The van der Waals surface area contributed by atoms with Crippen molar-refractivity contribution in [1.82, 2.24) is 5.32 Å². The molecule has 2 fully saturated rings. The predicted octanol–water partition coefficient (Wildman–Crippen LogP) is 1.94. The first-order valence-corrected chi connectivity index (χ1v) is 6.93. The van der Waals surface area contributed by atoms with Gasteiger partial charge in [-0.05, 0) is 37.1 Å². The van der Waals surface area contributed by atoms with Crippen molar-refractivity contribution in [1.29, 1.82) is 0 Å². The molecule has 0 radical (unpaired) electrons. The Morgan fingerprint density at radius 2 is 1.89 bits per heavy atom. The van der Waals surface area contributed by atoms with Gasteiger partial charge in [-0.1, -0.05) is 12.8 Å². The van der Waals surface area contributed by atoms with Gasteiger partial charge in [0, 0.05) is 12.2 Å². The molecular formula is C15H20N2O2. The van der Waals surface area contributed by atoms with Gasteiger partial charge in [-0.25, -0.2) is 0 Å². The Morgan fingerprint density at radius 1 is 1.21 bits per heavy atom. The van der Waals surface area contributed by atoms with E-state index in [4.69, 9.17) is 4.74 Å². The molecular weight excluding hydrogens is 240 g/mol. The summed E-state index contributed by atoms with van der Waals surface area (Å²) in [6.07, 6.45) is 4.61. The number of carbonyl (C=O) groups excluding carboxylic acids is 1. The van der Waals surface area contributed by atoms with Gasteiger partial charge in [0.1, 0.15) is 5.75 Å². The molecule has 1 aliphatic heterocycles. The molecule has 1 aliphatic carbocycles. The lowest BCUT2D eigenvalue weighted by molar-refractivity contribution is -0.120. The third-order valence-corrected chi connectivity index (χ3v) is 4.32. The summed E-state index contributed by atoms with van der Waals surface area (Å²) >= 11 is 0. The van der Waals surface area contributed by atoms with Gasteiger partial charge in [-0.15, -0.1) is 0 Å². The minimum atomic E-state index is -0.01000. The highest BCUT2D eigenvalue weighted by molar-refractivity contribution is 5.97. The second kappa shape index (κ2) is 4.85. The number of benzene rings is 1. The molecule has 102 valence electrons. The van der Waals surface area contributed by atoms with E-state index in [9.17, 15) is 4.79 Å². The topological polar surface area (TPSA) is 41.6 Å². The average Bonchev–Trinajstić information content (AvgIpc) is 2.88. The Kier molecular flexibility index (Phi) is 3.19. The Bertz CT molecular complexity index is 464. The Morgan fingerprint density at radius 3 is 2.53 bits per heavy atom. The standard InChI is InChI=1S/C15H20N2O2/c1-19-13-6-4-12(5-7-13)17-14(18)10-16-11-15(17)8-2-3-9-15/h4-7,16H,2-3,8-11H2,1H3. The predicted molar refractivity (Wildman–Crippen MR) is 74.5 cm³/mol. The average molecular weight is 260 g/mol. The maximum atomic E-state index is 12.3. The number of nitrogens with zero attached hydrogens (tertiary/aromatic N) is 1. The molecule has 1 saturated carbocycles. The fraction of sp³-hybridized carbons (Fsp3) is 0.533. The quantitative estimate of drug-likeness (QED) is 0.883. The number of rotatable bonds is 2. The number of hydrogen-bond acceptors (Lipinski definition) is 3. The van der Waals surface area contributed by atoms with Gasteiger partial charge >= 0.3 is 0 Å². The van der Waals surface area contributed by atoms with E-state index in [2.05, 4.69) is 5.32 Å². The van der Waals surface area contributed by atoms with E-state index >= 15 is 0 Å². The molecule has 1 amide bonds. The molecule has 1 spiro atoms. The Hall–Kier alpha value is -1.55. The number of anilines is 1. The van der Waals surface area contributed by atoms with Crippen LogP contribution in [-0.4, -0.2) is 31.6 Å². The van der Waals surface area contributed by atoms with E-state index < -0.39 is 0 Å². The van der Waals surface area contributed by atoms with Crippen molar-refractivity contribution in [2.75, 3.05) is 25.1 Å². The van der Waals surface area contributed by atoms with Gasteiger partial charge in [-0.2, -0.15) is 0 Å². The van der Waals surface area contributed by atoms with Gasteiger partial charge < -0.3 is 15.0 Å². The normalized spacial score (nSPS) is 21.9. The number of ether oxygens (including phenoxy) is 1. The summed E-state index contributed by atoms with van der Waals surface area (Å²) in [5.41, 5.74) is 0.985. The fourth-order valence-corrected chi connectivity index (χ4v) is 3.41. The van der Waals surface area contributed by atoms with Crippen molar-refractivity contribution in [3.8, 4) is 5.75 Å². The molecule has 0 atom stereocenters. The molecule has 0 aromatic heterocycles. The van der Waals surface area contributed by atoms with Gasteiger partial charge in [0.2, 0.25) is 5.91 Å². The second-order valence-corrected chi connectivity index (χ2v) is 5.46. The summed E-state index contributed by atoms with van der Waals surface area (Å²) in [6, 6.07) is 7.82. The molecule has 1 aromatic carbocycles. The third kappa shape index (κ3) is 2.10. The van der Waals surface area contributed by atoms with Gasteiger partial charge in [0.15, 0.2) is 0 Å². The van der Waals surface area contributed by atoms with Crippen LogP contribution in [0, 0.1) is 0 Å². The van der Waals surface area contributed by atoms with E-state index in [1.165, 1.54) is 12.8 Å². The largest absolute Gasteiger partial charge is 0.497 e. The zero-order valence-electron chi connectivity index (χ0n) is 11.3. The van der Waals surface area contributed by atoms with Crippen LogP contribution < -0.4 is 15.0 Å². The maximum absolute atomic E-state index is 12.3. The Balaban J connectivity index is 1.95. The minimum absolute atomic E-state index is 0.01000. The first kappa shape index (κ1) is 12.5. The maximum Gasteiger partial charge on any atom is 0.241 e. The van der Waals surface area contributed by atoms with Crippen molar-refractivity contribution in [3.63, 3.8) is 0 Å². The van der Waals surface area contributed by atoms with E-state index in [1.807, 2.05) is 29.2 Å². The van der Waals surface area contributed by atoms with E-state index in [0.29, 0.717) is 6.54 Å². The first-order valence-electron chi connectivity index (χ1n) is 6.93. The van der Waals surface area contributed by atoms with Crippen LogP contribution in [0.3, 0.4) is 0 Å². The van der Waals surface area contributed by atoms with E-state index in [0.717, 1.165) is 30.8 Å². The van der Waals surface area contributed by atoms with Crippen LogP contribution in [0.15, 0.2) is 24.3 Å². The van der Waals surface area contributed by atoms with Crippen molar-refractivity contribution in [2.24, 2.45) is 0 Å². The molecule has 0 bridgehead atoms. The highest BCUT2D eigenvalue weighted by Gasteiger charge is 2.45. The van der Waals surface area contributed by atoms with Crippen molar-refractivity contribution in [2.45, 2.75) is 31.2 Å². The van der Waals surface area contributed by atoms with Crippen LogP contribution in [0.4, 0.5) is 5.69 Å². The lowest BCUT2D eigenvalue weighted by atomic mass is 9.91. The molecule has 2 aliphatic rings. The molecule has 1 N–H and O–H groups in total. The molecule has 1 saturated heterocycles. The Labute approximate surface area is 113 Å². The summed E-state index contributed by atoms with van der Waals surface area (Å²) in [7, 11) is 1.66. The van der Waals surface area contributed by atoms with Gasteiger partial charge in [0.05, 0.1) is 19.2 Å². The molecule has 1 heterocycles. The second-order valence-electron chi connectivity index (χ2n) is 5.46. The lowest BCUT2D eigenvalue weighted by Crippen LogP contribution is -2.63. The third-order valence-electron chi connectivity index (χ3n) is 4.32. The summed E-state index contributed by atoms with van der Waals surface area (Å²) in [6.45, 7) is 1.35. The van der Waals surface area contributed by atoms with Gasteiger partial charge in [0.25, 0.3) is 0 Å². The smallest absolute Gasteiger partial charge is 0.241 e. The zero-order chi connectivity index (χ0) is 13.3. The monoisotopic (exact) mass is 260 g/mol. The molecule has 3 rings (SSSR count). The minimum Gasteiger partial charge on any atom is -0.497 e. The number of hydrogen-bond donors (Lipinski definition) is 1. The lowest BCUT2D eigenvalue weighted by Gasteiger charge is -2.45.